The molecular formula is C26H36N8O7. The summed E-state index contributed by atoms with van der Waals surface area (Å²) >= 11 is 0. The predicted octanol–water partition coefficient (Wildman–Crippen LogP) is -1.09. The van der Waals surface area contributed by atoms with Crippen LogP contribution in [0.4, 0.5) is 11.4 Å². The first kappa shape index (κ1) is 31.3. The van der Waals surface area contributed by atoms with Crippen LogP contribution in [0.15, 0.2) is 47.5 Å². The summed E-state index contributed by atoms with van der Waals surface area (Å²) in [7, 11) is 0. The number of anilines is 2. The normalized spacial score (nSPS) is 14.2. The van der Waals surface area contributed by atoms with Gasteiger partial charge in [0.25, 0.3) is 0 Å². The fourth-order valence-electron chi connectivity index (χ4n) is 3.99. The number of H-pyrrole nitrogens is 1. The Bertz CT molecular complexity index is 1330. The number of para-hydroxylation sites is 1. The van der Waals surface area contributed by atoms with E-state index in [1.807, 2.05) is 0 Å². The molecule has 1 heterocycles. The Morgan fingerprint density at radius 3 is 2.54 bits per heavy atom. The highest BCUT2D eigenvalue weighted by molar-refractivity contribution is 5.93. The molecule has 15 nitrogen and oxygen atoms in total. The van der Waals surface area contributed by atoms with Gasteiger partial charge < -0.3 is 46.9 Å². The Morgan fingerprint density at radius 1 is 1.07 bits per heavy atom. The number of hydrogen-bond donors (Lipinski definition) is 12. The van der Waals surface area contributed by atoms with Crippen molar-refractivity contribution in [3.05, 3.63) is 53.7 Å². The number of rotatable bonds is 17. The molecule has 0 saturated heterocycles. The average molecular weight is 573 g/mol. The fraction of sp³-hybridized carbons (Fsp3) is 0.346. The number of hydrogen-bond acceptors (Lipinski definition) is 12. The number of carboxylic acid groups (broad SMARTS) is 1. The quantitative estimate of drug-likeness (QED) is 0.0524. The minimum absolute atomic E-state index is 0.129. The van der Waals surface area contributed by atoms with Crippen molar-refractivity contribution in [2.75, 3.05) is 43.9 Å². The first-order valence-electron chi connectivity index (χ1n) is 12.7. The van der Waals surface area contributed by atoms with Gasteiger partial charge in [-0.05, 0) is 24.9 Å². The van der Waals surface area contributed by atoms with Crippen molar-refractivity contribution in [2.24, 2.45) is 4.99 Å². The third-order valence-corrected chi connectivity index (χ3v) is 6.06. The van der Waals surface area contributed by atoms with Crippen molar-refractivity contribution in [2.45, 2.75) is 24.6 Å². The van der Waals surface area contributed by atoms with Crippen LogP contribution in [0.3, 0.4) is 0 Å². The minimum Gasteiger partial charge on any atom is -0.508 e. The number of carboxylic acids is 1. The van der Waals surface area contributed by atoms with Crippen LogP contribution in [0.1, 0.15) is 23.7 Å². The number of fused-ring (bicyclic) bond motifs is 1. The van der Waals surface area contributed by atoms with E-state index in [4.69, 9.17) is 5.73 Å². The Labute approximate surface area is 235 Å². The van der Waals surface area contributed by atoms with Crippen molar-refractivity contribution in [3.8, 4) is 5.75 Å². The van der Waals surface area contributed by atoms with Crippen molar-refractivity contribution in [3.63, 3.8) is 0 Å². The number of nitrogen functional groups attached to an aromatic ring is 1. The molecule has 0 aliphatic rings. The molecule has 4 atom stereocenters. The van der Waals surface area contributed by atoms with Gasteiger partial charge in [0.1, 0.15) is 24.2 Å². The molecule has 0 radical (unpaired) electrons. The van der Waals surface area contributed by atoms with Gasteiger partial charge in [0, 0.05) is 41.3 Å². The van der Waals surface area contributed by atoms with E-state index in [0.29, 0.717) is 16.6 Å². The number of aliphatic hydroxyl groups is 3. The van der Waals surface area contributed by atoms with Crippen LogP contribution in [0.25, 0.3) is 10.9 Å². The SMILES string of the molecule is C=NCC(O)CNCNc1cc(O)cc(C(O)NCC(=O)NCC(NC(O)c2[nH]c3ccccc3c2N)C(=O)O)c1. The maximum Gasteiger partial charge on any atom is 0.322 e. The molecular weight excluding hydrogens is 536 g/mol. The number of nitrogens with two attached hydrogens (primary N) is 1. The molecule has 0 spiro atoms. The van der Waals surface area contributed by atoms with Crippen molar-refractivity contribution in [1.82, 2.24) is 26.3 Å². The Kier molecular flexibility index (Phi) is 11.4. The van der Waals surface area contributed by atoms with E-state index >= 15 is 0 Å². The molecule has 3 rings (SSSR count). The number of aliphatic hydroxyl groups excluding tert-OH is 3. The number of nitrogens with zero attached hydrogens (tertiary/aromatic N) is 1. The number of phenols is 1. The van der Waals surface area contributed by atoms with E-state index in [9.17, 15) is 35.1 Å². The molecule has 4 unspecified atom stereocenters. The number of amides is 1. The smallest absolute Gasteiger partial charge is 0.322 e. The highest BCUT2D eigenvalue weighted by atomic mass is 16.4. The summed E-state index contributed by atoms with van der Waals surface area (Å²) in [5, 5.41) is 64.4. The van der Waals surface area contributed by atoms with Crippen LogP contribution in [0, 0.1) is 0 Å². The summed E-state index contributed by atoms with van der Waals surface area (Å²) in [4.78, 5) is 30.6. The molecule has 1 amide bonds. The van der Waals surface area contributed by atoms with E-state index in [-0.39, 0.29) is 55.5 Å². The number of nitrogens with one attached hydrogen (secondary N) is 6. The molecule has 0 aliphatic carbocycles. The number of carbonyl (C=O) groups is 2. The third-order valence-electron chi connectivity index (χ3n) is 6.06. The van der Waals surface area contributed by atoms with Crippen LogP contribution in [0.2, 0.25) is 0 Å². The van der Waals surface area contributed by atoms with Gasteiger partial charge in [0.15, 0.2) is 0 Å². The number of phenolic OH excluding ortho intramolecular Hbond substituents is 1. The number of aliphatic imine (C=N–C) groups is 1. The van der Waals surface area contributed by atoms with Crippen LogP contribution in [-0.4, -0.2) is 94.1 Å². The number of benzene rings is 2. The van der Waals surface area contributed by atoms with Gasteiger partial charge in [0.05, 0.1) is 37.2 Å². The van der Waals surface area contributed by atoms with Crippen molar-refractivity contribution < 1.29 is 35.1 Å². The molecule has 222 valence electrons. The van der Waals surface area contributed by atoms with E-state index in [2.05, 4.69) is 43.3 Å². The van der Waals surface area contributed by atoms with Gasteiger partial charge in [-0.2, -0.15) is 0 Å². The summed E-state index contributed by atoms with van der Waals surface area (Å²) < 4.78 is 0. The minimum atomic E-state index is -1.45. The molecule has 0 saturated carbocycles. The summed E-state index contributed by atoms with van der Waals surface area (Å²) in [6.07, 6.45) is -3.46. The lowest BCUT2D eigenvalue weighted by Crippen LogP contribution is -2.49. The van der Waals surface area contributed by atoms with E-state index in [1.54, 1.807) is 30.3 Å². The topological polar surface area (TPSA) is 250 Å². The maximum absolute atomic E-state index is 12.3. The second-order valence-corrected chi connectivity index (χ2v) is 9.23. The number of carbonyl (C=O) groups excluding carboxylic acids is 1. The fourth-order valence-corrected chi connectivity index (χ4v) is 3.99. The second kappa shape index (κ2) is 14.9. The summed E-state index contributed by atoms with van der Waals surface area (Å²) in [5.74, 6) is -2.06. The predicted molar refractivity (Wildman–Crippen MR) is 153 cm³/mol. The van der Waals surface area contributed by atoms with Gasteiger partial charge in [0.2, 0.25) is 5.91 Å². The highest BCUT2D eigenvalue weighted by Gasteiger charge is 2.25. The van der Waals surface area contributed by atoms with Crippen molar-refractivity contribution >= 4 is 40.9 Å². The maximum atomic E-state index is 12.3. The van der Waals surface area contributed by atoms with Crippen molar-refractivity contribution in [1.29, 1.82) is 0 Å². The number of aromatic nitrogens is 1. The second-order valence-electron chi connectivity index (χ2n) is 9.23. The molecule has 15 heteroatoms. The lowest BCUT2D eigenvalue weighted by molar-refractivity contribution is -0.140. The zero-order valence-electron chi connectivity index (χ0n) is 22.2. The molecule has 41 heavy (non-hydrogen) atoms. The molecule has 2 aromatic carbocycles. The van der Waals surface area contributed by atoms with Crippen LogP contribution in [0.5, 0.6) is 5.75 Å². The molecule has 3 aromatic rings. The lowest BCUT2D eigenvalue weighted by atomic mass is 10.1. The first-order valence-corrected chi connectivity index (χ1v) is 12.7. The van der Waals surface area contributed by atoms with E-state index < -0.39 is 36.5 Å². The zero-order valence-corrected chi connectivity index (χ0v) is 22.2. The van der Waals surface area contributed by atoms with Gasteiger partial charge in [-0.1, -0.05) is 18.2 Å². The Hall–Kier alpha value is -4.25. The average Bonchev–Trinajstić information content (AvgIpc) is 3.28. The molecule has 1 aromatic heterocycles. The monoisotopic (exact) mass is 572 g/mol. The molecule has 0 fully saturated rings. The summed E-state index contributed by atoms with van der Waals surface area (Å²) in [5.41, 5.74) is 7.96. The molecule has 13 N–H and O–H groups in total. The highest BCUT2D eigenvalue weighted by Crippen LogP contribution is 2.28. The van der Waals surface area contributed by atoms with Crippen LogP contribution < -0.4 is 32.3 Å². The Morgan fingerprint density at radius 2 is 1.83 bits per heavy atom. The van der Waals surface area contributed by atoms with E-state index in [1.165, 1.54) is 12.1 Å². The summed E-state index contributed by atoms with van der Waals surface area (Å²) in [6, 6.07) is 10.0. The molecule has 0 bridgehead atoms. The van der Waals surface area contributed by atoms with Gasteiger partial charge in [-0.3, -0.25) is 30.5 Å². The molecule has 0 aliphatic heterocycles. The number of aromatic hydroxyl groups is 1. The van der Waals surface area contributed by atoms with Crippen LogP contribution in [-0.2, 0) is 9.59 Å². The van der Waals surface area contributed by atoms with Gasteiger partial charge >= 0.3 is 5.97 Å². The van der Waals surface area contributed by atoms with Crippen LogP contribution >= 0.6 is 0 Å². The van der Waals surface area contributed by atoms with E-state index in [0.717, 1.165) is 0 Å². The number of aliphatic carboxylic acids is 1. The first-order chi connectivity index (χ1) is 19.6. The Balaban J connectivity index is 1.48. The van der Waals surface area contributed by atoms with Gasteiger partial charge in [-0.25, -0.2) is 0 Å². The lowest BCUT2D eigenvalue weighted by Gasteiger charge is -2.20. The number of aromatic amines is 1. The van der Waals surface area contributed by atoms with Gasteiger partial charge in [-0.15, -0.1) is 0 Å². The summed E-state index contributed by atoms with van der Waals surface area (Å²) in [6.45, 7) is 3.30. The third kappa shape index (κ3) is 9.14. The largest absolute Gasteiger partial charge is 0.508 e. The zero-order chi connectivity index (χ0) is 29.9. The standard InChI is InChI=1S/C26H36N8O7/c1-28-9-17(36)10-29-13-32-15-6-14(7-16(35)8-15)24(38)31-12-21(37)30-11-20(26(40)41)34-25(39)23-22(27)18-4-2-3-5-19(18)33-23/h2-8,17,20,24-25,29,31-36,38-39H,1,9-13,27H2,(H,30,37)(H,40,41).